The average molecular weight is 459 g/mol. The van der Waals surface area contributed by atoms with Crippen LogP contribution in [0.4, 0.5) is 11.4 Å². The van der Waals surface area contributed by atoms with Crippen molar-refractivity contribution in [1.82, 2.24) is 0 Å². The third kappa shape index (κ3) is 5.15. The lowest BCUT2D eigenvalue weighted by atomic mass is 10.1. The number of nitrogens with zero attached hydrogens (tertiary/aromatic N) is 2. The van der Waals surface area contributed by atoms with E-state index in [0.29, 0.717) is 15.8 Å². The molecule has 4 rings (SSSR count). The number of amidine groups is 1. The van der Waals surface area contributed by atoms with Crippen LogP contribution in [0.15, 0.2) is 82.7 Å². The normalized spacial score (nSPS) is 15.9. The van der Waals surface area contributed by atoms with Crippen LogP contribution in [0.5, 0.6) is 5.75 Å². The molecule has 1 saturated heterocycles. The average Bonchev–Trinajstić information content (AvgIpc) is 3.09. The zero-order chi connectivity index (χ0) is 23.4. The molecule has 0 saturated carbocycles. The number of carboxylic acid groups (broad SMARTS) is 1. The lowest BCUT2D eigenvalue weighted by molar-refractivity contribution is -0.139. The molecule has 0 unspecified atom stereocenters. The summed E-state index contributed by atoms with van der Waals surface area (Å²) in [5.41, 5.74) is 4.41. The SMILES string of the molecule is Cc1ccccc1N=C1SC(=Cc2ccc(OCC(=O)O)cc2)C(=O)N1c1ccccc1C. The second-order valence-electron chi connectivity index (χ2n) is 7.47. The van der Waals surface area contributed by atoms with Gasteiger partial charge >= 0.3 is 5.97 Å². The van der Waals surface area contributed by atoms with Crippen molar-refractivity contribution in [3.63, 3.8) is 0 Å². The van der Waals surface area contributed by atoms with E-state index in [1.807, 2.05) is 62.4 Å². The van der Waals surface area contributed by atoms with Crippen molar-refractivity contribution >= 4 is 46.3 Å². The molecule has 0 aromatic heterocycles. The second kappa shape index (κ2) is 9.75. The van der Waals surface area contributed by atoms with Crippen molar-refractivity contribution in [3.8, 4) is 5.75 Å². The number of aryl methyl sites for hydroxylation is 2. The van der Waals surface area contributed by atoms with E-state index in [9.17, 15) is 9.59 Å². The van der Waals surface area contributed by atoms with E-state index >= 15 is 0 Å². The number of hydrogen-bond acceptors (Lipinski definition) is 5. The molecule has 3 aromatic carbocycles. The number of ether oxygens (including phenoxy) is 1. The summed E-state index contributed by atoms with van der Waals surface area (Å²) in [6, 6.07) is 22.5. The van der Waals surface area contributed by atoms with Crippen LogP contribution in [0.2, 0.25) is 0 Å². The van der Waals surface area contributed by atoms with Crippen LogP contribution in [0.25, 0.3) is 6.08 Å². The maximum absolute atomic E-state index is 13.5. The smallest absolute Gasteiger partial charge is 0.341 e. The van der Waals surface area contributed by atoms with Crippen molar-refractivity contribution in [1.29, 1.82) is 0 Å². The van der Waals surface area contributed by atoms with Gasteiger partial charge in [-0.1, -0.05) is 48.5 Å². The van der Waals surface area contributed by atoms with Crippen molar-refractivity contribution in [2.75, 3.05) is 11.5 Å². The van der Waals surface area contributed by atoms with Crippen LogP contribution in [0.1, 0.15) is 16.7 Å². The highest BCUT2D eigenvalue weighted by molar-refractivity contribution is 8.19. The van der Waals surface area contributed by atoms with E-state index in [0.717, 1.165) is 28.1 Å². The molecular formula is C26H22N2O4S. The zero-order valence-electron chi connectivity index (χ0n) is 18.2. The summed E-state index contributed by atoms with van der Waals surface area (Å²) in [6.45, 7) is 3.55. The van der Waals surface area contributed by atoms with Gasteiger partial charge in [-0.2, -0.15) is 0 Å². The number of aliphatic imine (C=N–C) groups is 1. The van der Waals surface area contributed by atoms with Crippen LogP contribution in [0, 0.1) is 13.8 Å². The predicted octanol–water partition coefficient (Wildman–Crippen LogP) is 5.58. The van der Waals surface area contributed by atoms with E-state index in [2.05, 4.69) is 0 Å². The van der Waals surface area contributed by atoms with Gasteiger partial charge in [0.15, 0.2) is 11.8 Å². The minimum Gasteiger partial charge on any atom is -0.482 e. The van der Waals surface area contributed by atoms with Crippen LogP contribution in [0.3, 0.4) is 0 Å². The van der Waals surface area contributed by atoms with Gasteiger partial charge in [-0.15, -0.1) is 0 Å². The van der Waals surface area contributed by atoms with Crippen molar-refractivity contribution in [2.45, 2.75) is 13.8 Å². The van der Waals surface area contributed by atoms with E-state index in [-0.39, 0.29) is 5.91 Å². The van der Waals surface area contributed by atoms with Crippen LogP contribution >= 0.6 is 11.8 Å². The molecule has 1 aliphatic heterocycles. The standard InChI is InChI=1S/C26H22N2O4S/c1-17-7-3-5-9-21(17)27-26-28(22-10-6-4-8-18(22)2)25(31)23(33-26)15-19-11-13-20(14-12-19)32-16-24(29)30/h3-15H,16H2,1-2H3,(H,29,30). The molecule has 0 atom stereocenters. The molecule has 0 spiro atoms. The maximum atomic E-state index is 13.5. The number of carbonyl (C=O) groups excluding carboxylic acids is 1. The molecule has 6 nitrogen and oxygen atoms in total. The van der Waals surface area contributed by atoms with Crippen LogP contribution in [-0.4, -0.2) is 28.8 Å². The largest absolute Gasteiger partial charge is 0.482 e. The first-order valence-electron chi connectivity index (χ1n) is 10.3. The number of anilines is 1. The summed E-state index contributed by atoms with van der Waals surface area (Å²) in [5.74, 6) is -0.730. The summed E-state index contributed by atoms with van der Waals surface area (Å²) < 4.78 is 5.18. The van der Waals surface area contributed by atoms with Gasteiger partial charge in [0.05, 0.1) is 16.3 Å². The van der Waals surface area contributed by atoms with E-state index in [1.165, 1.54) is 11.8 Å². The highest BCUT2D eigenvalue weighted by Gasteiger charge is 2.35. The molecule has 166 valence electrons. The fraction of sp³-hybridized carbons (Fsp3) is 0.115. The molecule has 1 aliphatic rings. The molecule has 7 heteroatoms. The number of carbonyl (C=O) groups is 2. The Labute approximate surface area is 196 Å². The lowest BCUT2D eigenvalue weighted by Crippen LogP contribution is -2.29. The third-order valence-corrected chi connectivity index (χ3v) is 6.00. The molecule has 1 fully saturated rings. The van der Waals surface area contributed by atoms with Crippen LogP contribution < -0.4 is 9.64 Å². The molecule has 1 amide bonds. The number of para-hydroxylation sites is 2. The third-order valence-electron chi connectivity index (χ3n) is 5.03. The van der Waals surface area contributed by atoms with Crippen molar-refractivity contribution in [3.05, 3.63) is 94.4 Å². The van der Waals surface area contributed by atoms with Gasteiger partial charge in [-0.3, -0.25) is 9.69 Å². The van der Waals surface area contributed by atoms with Gasteiger partial charge in [0.25, 0.3) is 5.91 Å². The first kappa shape index (κ1) is 22.4. The summed E-state index contributed by atoms with van der Waals surface area (Å²) in [6.07, 6.45) is 1.81. The topological polar surface area (TPSA) is 79.2 Å². The zero-order valence-corrected chi connectivity index (χ0v) is 19.0. The number of amides is 1. The van der Waals surface area contributed by atoms with E-state index in [4.69, 9.17) is 14.8 Å². The molecule has 1 heterocycles. The second-order valence-corrected chi connectivity index (χ2v) is 8.48. The molecule has 33 heavy (non-hydrogen) atoms. The lowest BCUT2D eigenvalue weighted by Gasteiger charge is -2.18. The first-order chi connectivity index (χ1) is 15.9. The fourth-order valence-electron chi connectivity index (χ4n) is 3.32. The van der Waals surface area contributed by atoms with Crippen molar-refractivity contribution < 1.29 is 19.4 Å². The minimum atomic E-state index is -1.04. The highest BCUT2D eigenvalue weighted by atomic mass is 32.2. The van der Waals surface area contributed by atoms with Gasteiger partial charge < -0.3 is 9.84 Å². The molecule has 0 bridgehead atoms. The summed E-state index contributed by atoms with van der Waals surface area (Å²) in [4.78, 5) is 31.2. The van der Waals surface area contributed by atoms with Gasteiger partial charge in [0.1, 0.15) is 5.75 Å². The fourth-order valence-corrected chi connectivity index (χ4v) is 4.31. The Morgan fingerprint density at radius 1 is 1.00 bits per heavy atom. The summed E-state index contributed by atoms with van der Waals surface area (Å²) in [5, 5.41) is 9.34. The Kier molecular flexibility index (Phi) is 6.60. The number of benzene rings is 3. The van der Waals surface area contributed by atoms with Crippen LogP contribution in [-0.2, 0) is 9.59 Å². The number of aliphatic carboxylic acids is 1. The Balaban J connectivity index is 1.69. The van der Waals surface area contributed by atoms with E-state index < -0.39 is 12.6 Å². The van der Waals surface area contributed by atoms with Gasteiger partial charge in [-0.25, -0.2) is 9.79 Å². The number of thioether (sulfide) groups is 1. The monoisotopic (exact) mass is 458 g/mol. The van der Waals surface area contributed by atoms with Gasteiger partial charge in [0, 0.05) is 0 Å². The van der Waals surface area contributed by atoms with Gasteiger partial charge in [0.2, 0.25) is 0 Å². The summed E-state index contributed by atoms with van der Waals surface area (Å²) in [7, 11) is 0. The van der Waals surface area contributed by atoms with Gasteiger partial charge in [-0.05, 0) is 72.6 Å². The predicted molar refractivity (Wildman–Crippen MR) is 132 cm³/mol. The van der Waals surface area contributed by atoms with E-state index in [1.54, 1.807) is 35.2 Å². The van der Waals surface area contributed by atoms with Crippen molar-refractivity contribution in [2.24, 2.45) is 4.99 Å². The first-order valence-corrected chi connectivity index (χ1v) is 11.1. The number of hydrogen-bond donors (Lipinski definition) is 1. The molecule has 3 aromatic rings. The molecule has 0 aliphatic carbocycles. The maximum Gasteiger partial charge on any atom is 0.341 e. The molecular weight excluding hydrogens is 436 g/mol. The number of carboxylic acids is 1. The Morgan fingerprint density at radius 3 is 2.33 bits per heavy atom. The Morgan fingerprint density at radius 2 is 1.67 bits per heavy atom. The highest BCUT2D eigenvalue weighted by Crippen LogP contribution is 2.38. The Hall–Kier alpha value is -3.84. The minimum absolute atomic E-state index is 0.146. The summed E-state index contributed by atoms with van der Waals surface area (Å²) >= 11 is 1.33. The molecule has 0 radical (unpaired) electrons. The quantitative estimate of drug-likeness (QED) is 0.488. The Bertz CT molecular complexity index is 1270. The molecule has 1 N–H and O–H groups in total. The number of rotatable bonds is 6.